The minimum absolute atomic E-state index is 0.189. The maximum absolute atomic E-state index is 10.3. The van der Waals surface area contributed by atoms with Crippen molar-refractivity contribution in [2.45, 2.75) is 96.8 Å². The van der Waals surface area contributed by atoms with Crippen molar-refractivity contribution in [2.24, 2.45) is 0 Å². The molecule has 1 aliphatic rings. The molecule has 8 heteroatoms. The molecule has 8 nitrogen and oxygen atoms in total. The molecule has 348 valence electrons. The summed E-state index contributed by atoms with van der Waals surface area (Å²) in [6.45, 7) is 2.99. The molecule has 0 saturated carbocycles. The predicted molar refractivity (Wildman–Crippen MR) is 275 cm³/mol. The molecule has 0 spiro atoms. The molecule has 0 amide bonds. The molecule has 5 heterocycles. The molecule has 0 unspecified atom stereocenters. The number of phenolic OH excluding ortho intramolecular Hbond substituents is 3. The molecule has 9 rings (SSSR count). The van der Waals surface area contributed by atoms with Crippen LogP contribution in [0.15, 0.2) is 146 Å². The summed E-state index contributed by atoms with van der Waals surface area (Å²) in [5.41, 5.74) is 11.2. The number of hydrogen-bond acceptors (Lipinski definition) is 4. The van der Waals surface area contributed by atoms with E-state index in [0.29, 0.717) is 6.61 Å². The van der Waals surface area contributed by atoms with Crippen molar-refractivity contribution in [1.29, 1.82) is 0 Å². The van der Waals surface area contributed by atoms with Crippen LogP contribution < -0.4 is 26.1 Å². The van der Waals surface area contributed by atoms with Crippen LogP contribution in [0.5, 0.6) is 23.0 Å². The largest absolute Gasteiger partial charge is 0.508 e. The van der Waals surface area contributed by atoms with E-state index >= 15 is 0 Å². The molecule has 0 aliphatic carbocycles. The van der Waals surface area contributed by atoms with Gasteiger partial charge >= 0.3 is 0 Å². The Morgan fingerprint density at radius 2 is 0.588 bits per heavy atom. The first-order chi connectivity index (χ1) is 33.4. The Balaban J connectivity index is 1.05. The van der Waals surface area contributed by atoms with Crippen molar-refractivity contribution < 1.29 is 20.1 Å². The second-order valence-corrected chi connectivity index (χ2v) is 18.3. The Morgan fingerprint density at radius 1 is 0.309 bits per heavy atom. The molecular weight excluding hydrogens is 841 g/mol. The van der Waals surface area contributed by atoms with Crippen LogP contribution >= 0.6 is 0 Å². The van der Waals surface area contributed by atoms with E-state index in [1.807, 2.05) is 36.4 Å². The highest BCUT2D eigenvalue weighted by molar-refractivity contribution is 5.85. The van der Waals surface area contributed by atoms with E-state index in [1.54, 1.807) is 36.4 Å². The highest BCUT2D eigenvalue weighted by Crippen LogP contribution is 2.30. The summed E-state index contributed by atoms with van der Waals surface area (Å²) in [5.74, 6) is 1.44. The molecule has 68 heavy (non-hydrogen) atoms. The number of fused-ring (bicyclic) bond motifs is 8. The number of aromatic hydroxyl groups is 3. The number of unbranched alkanes of at least 4 members (excludes halogenated alkanes) is 13. The number of nitrogens with one attached hydrogen (secondary N) is 4. The highest BCUT2D eigenvalue weighted by atomic mass is 16.5. The van der Waals surface area contributed by atoms with Gasteiger partial charge in [-0.3, -0.25) is 0 Å². The summed E-state index contributed by atoms with van der Waals surface area (Å²) in [4.78, 5) is 15.2. The Hall–Kier alpha value is -7.32. The van der Waals surface area contributed by atoms with E-state index in [1.165, 1.54) is 83.5 Å². The first kappa shape index (κ1) is 45.8. The van der Waals surface area contributed by atoms with E-state index in [9.17, 15) is 15.3 Å². The summed E-state index contributed by atoms with van der Waals surface area (Å²) < 4.78 is 6.30. The molecule has 4 aromatic heterocycles. The van der Waals surface area contributed by atoms with Crippen molar-refractivity contribution in [3.63, 3.8) is 0 Å². The third kappa shape index (κ3) is 10.9. The van der Waals surface area contributed by atoms with Gasteiger partial charge in [0.1, 0.15) is 23.0 Å². The van der Waals surface area contributed by atoms with E-state index in [4.69, 9.17) is 4.74 Å². The number of aromatic amines is 4. The van der Waals surface area contributed by atoms with Gasteiger partial charge in [-0.25, -0.2) is 0 Å². The van der Waals surface area contributed by atoms with Gasteiger partial charge in [-0.1, -0.05) is 139 Å². The fraction of sp³-hybridized carbons (Fsp3) is 0.267. The monoisotopic (exact) mass is 904 g/mol. The number of hydrogen-bond donors (Lipinski definition) is 7. The van der Waals surface area contributed by atoms with Gasteiger partial charge in [0.05, 0.1) is 6.61 Å². The fourth-order valence-corrected chi connectivity index (χ4v) is 9.66. The van der Waals surface area contributed by atoms with Crippen LogP contribution in [0.3, 0.4) is 0 Å². The lowest BCUT2D eigenvalue weighted by Crippen LogP contribution is -2.19. The van der Waals surface area contributed by atoms with Crippen LogP contribution in [0.25, 0.3) is 22.3 Å². The van der Waals surface area contributed by atoms with Crippen molar-refractivity contribution in [1.82, 2.24) is 19.9 Å². The Morgan fingerprint density at radius 3 is 0.897 bits per heavy atom. The van der Waals surface area contributed by atoms with Crippen molar-refractivity contribution in [2.75, 3.05) is 6.61 Å². The van der Waals surface area contributed by atoms with Crippen LogP contribution in [0.4, 0.5) is 0 Å². The predicted octanol–water partition coefficient (Wildman–Crippen LogP) is 11.3. The normalized spacial score (nSPS) is 12.5. The standard InChI is InChI=1S/C60H64N4O4/c1-2-3-4-5-6-7-8-9-10-11-12-13-14-15-40-68-48-30-22-44(23-31-48)60-55-38-36-53(63-55)58(42-18-26-46(66)27-19-42)51-34-32-49(61-51)57(41-16-24-45(65)25-17-41)50-33-35-52(62-50)59(54-37-39-56(60)64-54)43-20-28-47(67)29-21-43/h16-39,61-67H,2-15,40H2,1H3. The molecule has 8 bridgehead atoms. The van der Waals surface area contributed by atoms with Crippen molar-refractivity contribution in [3.8, 4) is 23.0 Å². The summed E-state index contributed by atoms with van der Waals surface area (Å²) >= 11 is 0. The minimum atomic E-state index is 0.189. The number of rotatable bonds is 20. The smallest absolute Gasteiger partial charge is 0.119 e. The molecule has 0 radical (unpaired) electrons. The molecule has 4 aromatic carbocycles. The molecule has 0 saturated heterocycles. The topological polar surface area (TPSA) is 133 Å². The molecular formula is C60H64N4O4. The summed E-state index contributed by atoms with van der Waals surface area (Å²) in [7, 11) is 0. The van der Waals surface area contributed by atoms with Gasteiger partial charge in [0.25, 0.3) is 0 Å². The molecule has 8 aromatic rings. The van der Waals surface area contributed by atoms with E-state index in [2.05, 4.69) is 99.7 Å². The first-order valence-electron chi connectivity index (χ1n) is 24.8. The minimum Gasteiger partial charge on any atom is -0.508 e. The Labute approximate surface area is 399 Å². The van der Waals surface area contributed by atoms with Gasteiger partial charge in [0.2, 0.25) is 0 Å². The molecule has 1 aliphatic heterocycles. The van der Waals surface area contributed by atoms with Crippen molar-refractivity contribution >= 4 is 22.3 Å². The average Bonchev–Trinajstić information content (AvgIpc) is 4.21. The second-order valence-electron chi connectivity index (χ2n) is 18.3. The van der Waals surface area contributed by atoms with Gasteiger partial charge < -0.3 is 40.0 Å². The van der Waals surface area contributed by atoms with Gasteiger partial charge in [0, 0.05) is 66.5 Å². The van der Waals surface area contributed by atoms with E-state index in [0.717, 1.165) is 101 Å². The van der Waals surface area contributed by atoms with E-state index in [-0.39, 0.29) is 17.2 Å². The van der Waals surface area contributed by atoms with Crippen LogP contribution in [-0.4, -0.2) is 41.9 Å². The first-order valence-corrected chi connectivity index (χ1v) is 24.8. The quantitative estimate of drug-likeness (QED) is 0.0384. The lowest BCUT2D eigenvalue weighted by Gasteiger charge is -2.11. The summed E-state index contributed by atoms with van der Waals surface area (Å²) in [6, 6.07) is 47.1. The lowest BCUT2D eigenvalue weighted by molar-refractivity contribution is 0.304. The van der Waals surface area contributed by atoms with Gasteiger partial charge in [-0.2, -0.15) is 0 Å². The van der Waals surface area contributed by atoms with E-state index < -0.39 is 0 Å². The van der Waals surface area contributed by atoms with Gasteiger partial charge in [-0.05, 0) is 126 Å². The number of benzene rings is 4. The number of aromatic nitrogens is 4. The third-order valence-corrected chi connectivity index (χ3v) is 13.3. The van der Waals surface area contributed by atoms with Gasteiger partial charge in [-0.15, -0.1) is 0 Å². The summed E-state index contributed by atoms with van der Waals surface area (Å²) in [5, 5.41) is 34.5. The zero-order chi connectivity index (χ0) is 46.7. The Bertz CT molecular complexity index is 3150. The maximum Gasteiger partial charge on any atom is 0.119 e. The zero-order valence-corrected chi connectivity index (χ0v) is 39.2. The van der Waals surface area contributed by atoms with Crippen LogP contribution in [0.1, 0.15) is 142 Å². The number of ether oxygens (including phenoxy) is 1. The summed E-state index contributed by atoms with van der Waals surface area (Å²) in [6.07, 6.45) is 18.6. The van der Waals surface area contributed by atoms with Gasteiger partial charge in [0.15, 0.2) is 0 Å². The number of phenols is 3. The van der Waals surface area contributed by atoms with Crippen molar-refractivity contribution in [3.05, 3.63) is 212 Å². The lowest BCUT2D eigenvalue weighted by atomic mass is 10.0. The highest BCUT2D eigenvalue weighted by Gasteiger charge is 2.19. The maximum atomic E-state index is 10.3. The zero-order valence-electron chi connectivity index (χ0n) is 39.2. The SMILES string of the molecule is CCCCCCCCCCCCCCCCOc1ccc(C2=c3ccc([nH]3)=C(c3ccc(O)cc3)c3ccc([nH]3)C(c3ccc(O)cc3)=c3ccc([nH]3)=C(c3ccc(O)cc3)c3ccc2[nH]3)cc1. The van der Waals surface area contributed by atoms with Crippen LogP contribution in [0, 0.1) is 0 Å². The van der Waals surface area contributed by atoms with Crippen LogP contribution in [0.2, 0.25) is 0 Å². The fourth-order valence-electron chi connectivity index (χ4n) is 9.66. The van der Waals surface area contributed by atoms with Crippen LogP contribution in [-0.2, 0) is 0 Å². The second kappa shape index (κ2) is 22.0. The average molecular weight is 905 g/mol. The molecule has 7 N–H and O–H groups in total. The molecule has 0 fully saturated rings. The molecule has 0 atom stereocenters. The Kier molecular flexibility index (Phi) is 14.8. The number of H-pyrrole nitrogens is 4. The third-order valence-electron chi connectivity index (χ3n) is 13.3.